The molecule has 0 aliphatic carbocycles. The smallest absolute Gasteiger partial charge is 0.162 e. The standard InChI is InChI=1S/C14H16BrNO2S/c1-16-7-10-3-4-13(17-2)14(5-10)18-8-12-6-11(15)9-19-12/h3-6,9,16H,7-8H2,1-2H3. The molecule has 0 spiro atoms. The highest BCUT2D eigenvalue weighted by atomic mass is 79.9. The minimum atomic E-state index is 0.551. The van der Waals surface area contributed by atoms with Crippen molar-refractivity contribution >= 4 is 27.3 Å². The fraction of sp³-hybridized carbons (Fsp3) is 0.286. The van der Waals surface area contributed by atoms with Gasteiger partial charge < -0.3 is 14.8 Å². The Bertz CT molecular complexity index is 542. The quantitative estimate of drug-likeness (QED) is 0.866. The van der Waals surface area contributed by atoms with Gasteiger partial charge in [0, 0.05) is 21.3 Å². The molecule has 2 rings (SSSR count). The average molecular weight is 342 g/mol. The van der Waals surface area contributed by atoms with Crippen molar-refractivity contribution in [2.45, 2.75) is 13.2 Å². The second-order valence-corrected chi connectivity index (χ2v) is 5.95. The molecular weight excluding hydrogens is 326 g/mol. The Morgan fingerprint density at radius 1 is 1.26 bits per heavy atom. The molecule has 2 aromatic rings. The molecular formula is C14H16BrNO2S. The van der Waals surface area contributed by atoms with Gasteiger partial charge in [0.2, 0.25) is 0 Å². The summed E-state index contributed by atoms with van der Waals surface area (Å²) in [7, 11) is 3.58. The summed E-state index contributed by atoms with van der Waals surface area (Å²) in [5.74, 6) is 1.54. The lowest BCUT2D eigenvalue weighted by atomic mass is 10.2. The van der Waals surface area contributed by atoms with E-state index in [1.54, 1.807) is 18.4 Å². The zero-order valence-corrected chi connectivity index (χ0v) is 13.3. The number of hydrogen-bond acceptors (Lipinski definition) is 4. The van der Waals surface area contributed by atoms with Crippen molar-refractivity contribution in [1.29, 1.82) is 0 Å². The number of rotatable bonds is 6. The highest BCUT2D eigenvalue weighted by Crippen LogP contribution is 2.30. The van der Waals surface area contributed by atoms with E-state index in [1.165, 1.54) is 10.4 Å². The van der Waals surface area contributed by atoms with Gasteiger partial charge in [-0.3, -0.25) is 0 Å². The Labute approximate surface area is 125 Å². The molecule has 1 heterocycles. The van der Waals surface area contributed by atoms with Gasteiger partial charge in [-0.1, -0.05) is 6.07 Å². The van der Waals surface area contributed by atoms with Crippen molar-refractivity contribution in [3.8, 4) is 11.5 Å². The molecule has 0 amide bonds. The molecule has 0 bridgehead atoms. The lowest BCUT2D eigenvalue weighted by Gasteiger charge is -2.11. The minimum absolute atomic E-state index is 0.551. The number of methoxy groups -OCH3 is 1. The number of benzene rings is 1. The van der Waals surface area contributed by atoms with Crippen LogP contribution in [0.15, 0.2) is 34.1 Å². The second-order valence-electron chi connectivity index (χ2n) is 4.04. The molecule has 0 saturated heterocycles. The van der Waals surface area contributed by atoms with E-state index in [0.717, 1.165) is 22.5 Å². The van der Waals surface area contributed by atoms with Crippen LogP contribution < -0.4 is 14.8 Å². The molecule has 0 atom stereocenters. The van der Waals surface area contributed by atoms with Crippen molar-refractivity contribution in [2.24, 2.45) is 0 Å². The Hall–Kier alpha value is -1.04. The first-order valence-corrected chi connectivity index (χ1v) is 7.57. The molecule has 0 unspecified atom stereocenters. The van der Waals surface area contributed by atoms with Crippen molar-refractivity contribution in [1.82, 2.24) is 5.32 Å². The molecule has 102 valence electrons. The summed E-state index contributed by atoms with van der Waals surface area (Å²) in [5.41, 5.74) is 1.17. The van der Waals surface area contributed by atoms with Crippen LogP contribution >= 0.6 is 27.3 Å². The predicted molar refractivity (Wildman–Crippen MR) is 82.1 cm³/mol. The van der Waals surface area contributed by atoms with Crippen molar-refractivity contribution in [3.63, 3.8) is 0 Å². The lowest BCUT2D eigenvalue weighted by molar-refractivity contribution is 0.287. The zero-order chi connectivity index (χ0) is 13.7. The van der Waals surface area contributed by atoms with Crippen LogP contribution in [0.4, 0.5) is 0 Å². The number of ether oxygens (including phenoxy) is 2. The summed E-state index contributed by atoms with van der Waals surface area (Å²) < 4.78 is 12.3. The largest absolute Gasteiger partial charge is 0.493 e. The van der Waals surface area contributed by atoms with E-state index in [-0.39, 0.29) is 0 Å². The van der Waals surface area contributed by atoms with E-state index < -0.39 is 0 Å². The molecule has 0 saturated carbocycles. The molecule has 3 nitrogen and oxygen atoms in total. The Balaban J connectivity index is 2.10. The van der Waals surface area contributed by atoms with Crippen LogP contribution in [0.5, 0.6) is 11.5 Å². The van der Waals surface area contributed by atoms with E-state index in [1.807, 2.05) is 30.6 Å². The van der Waals surface area contributed by atoms with Gasteiger partial charge in [-0.25, -0.2) is 0 Å². The maximum absolute atomic E-state index is 5.85. The molecule has 1 aromatic carbocycles. The normalized spacial score (nSPS) is 10.5. The topological polar surface area (TPSA) is 30.5 Å². The molecule has 0 fully saturated rings. The van der Waals surface area contributed by atoms with E-state index in [2.05, 4.69) is 27.3 Å². The number of thiophene rings is 1. The average Bonchev–Trinajstić information content (AvgIpc) is 2.83. The van der Waals surface area contributed by atoms with Crippen LogP contribution in [0.3, 0.4) is 0 Å². The molecule has 0 aliphatic heterocycles. The first-order valence-electron chi connectivity index (χ1n) is 5.90. The summed E-state index contributed by atoms with van der Waals surface area (Å²) in [5, 5.41) is 5.17. The van der Waals surface area contributed by atoms with Crippen LogP contribution in [0.1, 0.15) is 10.4 Å². The molecule has 5 heteroatoms. The first-order chi connectivity index (χ1) is 9.22. The number of nitrogens with one attached hydrogen (secondary N) is 1. The summed E-state index contributed by atoms with van der Waals surface area (Å²) in [6.07, 6.45) is 0. The fourth-order valence-corrected chi connectivity index (χ4v) is 3.09. The van der Waals surface area contributed by atoms with Crippen molar-refractivity contribution in [3.05, 3.63) is 44.6 Å². The molecule has 0 radical (unpaired) electrons. The Morgan fingerprint density at radius 2 is 2.11 bits per heavy atom. The van der Waals surface area contributed by atoms with Gasteiger partial charge in [-0.15, -0.1) is 11.3 Å². The molecule has 1 aromatic heterocycles. The monoisotopic (exact) mass is 341 g/mol. The van der Waals surface area contributed by atoms with E-state index in [9.17, 15) is 0 Å². The third kappa shape index (κ3) is 3.96. The SMILES string of the molecule is CNCc1ccc(OC)c(OCc2cc(Br)cs2)c1. The Kier molecular flexibility index (Phi) is 5.24. The highest BCUT2D eigenvalue weighted by Gasteiger charge is 2.07. The van der Waals surface area contributed by atoms with Crippen LogP contribution in [0, 0.1) is 0 Å². The third-order valence-electron chi connectivity index (χ3n) is 2.60. The van der Waals surface area contributed by atoms with Crippen LogP contribution in [0.25, 0.3) is 0 Å². The van der Waals surface area contributed by atoms with Crippen LogP contribution in [-0.2, 0) is 13.2 Å². The summed E-state index contributed by atoms with van der Waals surface area (Å²) in [6.45, 7) is 1.36. The second kappa shape index (κ2) is 6.93. The number of halogens is 1. The maximum atomic E-state index is 5.85. The van der Waals surface area contributed by atoms with Gasteiger partial charge in [0.25, 0.3) is 0 Å². The third-order valence-corrected chi connectivity index (χ3v) is 4.27. The lowest BCUT2D eigenvalue weighted by Crippen LogP contribution is -2.05. The summed E-state index contributed by atoms with van der Waals surface area (Å²) in [4.78, 5) is 1.17. The van der Waals surface area contributed by atoms with Gasteiger partial charge in [0.1, 0.15) is 6.61 Å². The van der Waals surface area contributed by atoms with Crippen molar-refractivity contribution in [2.75, 3.05) is 14.2 Å². The predicted octanol–water partition coefficient (Wildman–Crippen LogP) is 3.82. The van der Waals surface area contributed by atoms with Crippen LogP contribution in [-0.4, -0.2) is 14.2 Å². The molecule has 19 heavy (non-hydrogen) atoms. The van der Waals surface area contributed by atoms with E-state index in [0.29, 0.717) is 6.61 Å². The van der Waals surface area contributed by atoms with E-state index >= 15 is 0 Å². The van der Waals surface area contributed by atoms with Gasteiger partial charge in [0.15, 0.2) is 11.5 Å². The van der Waals surface area contributed by atoms with Crippen LogP contribution in [0.2, 0.25) is 0 Å². The minimum Gasteiger partial charge on any atom is -0.493 e. The summed E-state index contributed by atoms with van der Waals surface area (Å²) in [6, 6.07) is 8.04. The molecule has 1 N–H and O–H groups in total. The fourth-order valence-electron chi connectivity index (χ4n) is 1.73. The van der Waals surface area contributed by atoms with Gasteiger partial charge >= 0.3 is 0 Å². The first kappa shape index (κ1) is 14.4. The maximum Gasteiger partial charge on any atom is 0.162 e. The summed E-state index contributed by atoms with van der Waals surface area (Å²) >= 11 is 5.11. The highest BCUT2D eigenvalue weighted by molar-refractivity contribution is 9.10. The molecule has 0 aliphatic rings. The van der Waals surface area contributed by atoms with Gasteiger partial charge in [-0.2, -0.15) is 0 Å². The van der Waals surface area contributed by atoms with Gasteiger partial charge in [0.05, 0.1) is 7.11 Å². The van der Waals surface area contributed by atoms with Crippen molar-refractivity contribution < 1.29 is 9.47 Å². The number of hydrogen-bond donors (Lipinski definition) is 1. The van der Waals surface area contributed by atoms with E-state index in [4.69, 9.17) is 9.47 Å². The van der Waals surface area contributed by atoms with Gasteiger partial charge in [-0.05, 0) is 46.7 Å². The zero-order valence-electron chi connectivity index (χ0n) is 10.9. The Morgan fingerprint density at radius 3 is 2.74 bits per heavy atom.